The molecule has 1 saturated heterocycles. The summed E-state index contributed by atoms with van der Waals surface area (Å²) >= 11 is 1.50. The Kier molecular flexibility index (Phi) is 6.63. The maximum Gasteiger partial charge on any atom is 0.312 e. The fourth-order valence-corrected chi connectivity index (χ4v) is 3.21. The molecule has 8 heteroatoms. The van der Waals surface area contributed by atoms with Gasteiger partial charge in [-0.3, -0.25) is 9.69 Å². The van der Waals surface area contributed by atoms with Crippen molar-refractivity contribution < 1.29 is 9.59 Å². The van der Waals surface area contributed by atoms with Crippen LogP contribution in [0, 0.1) is 0 Å². The zero-order valence-electron chi connectivity index (χ0n) is 12.5. The second kappa shape index (κ2) is 8.72. The van der Waals surface area contributed by atoms with Gasteiger partial charge in [0.2, 0.25) is 5.91 Å². The van der Waals surface area contributed by atoms with Gasteiger partial charge in [-0.1, -0.05) is 6.07 Å². The van der Waals surface area contributed by atoms with Crippen molar-refractivity contribution >= 4 is 23.3 Å². The van der Waals surface area contributed by atoms with Crippen molar-refractivity contribution in [3.63, 3.8) is 0 Å². The summed E-state index contributed by atoms with van der Waals surface area (Å²) in [5, 5.41) is 10.7. The molecule has 5 N–H and O–H groups in total. The minimum absolute atomic E-state index is 0.0812. The quantitative estimate of drug-likeness (QED) is 0.561. The van der Waals surface area contributed by atoms with Gasteiger partial charge in [-0.05, 0) is 11.4 Å². The van der Waals surface area contributed by atoms with Crippen molar-refractivity contribution in [2.75, 3.05) is 39.3 Å². The lowest BCUT2D eigenvalue weighted by molar-refractivity contribution is -0.121. The Labute approximate surface area is 134 Å². The highest BCUT2D eigenvalue weighted by Gasteiger charge is 2.18. The van der Waals surface area contributed by atoms with Crippen LogP contribution >= 0.6 is 11.3 Å². The van der Waals surface area contributed by atoms with E-state index in [-0.39, 0.29) is 18.4 Å². The first kappa shape index (κ1) is 16.7. The predicted molar refractivity (Wildman–Crippen MR) is 86.7 cm³/mol. The molecule has 1 aromatic heterocycles. The summed E-state index contributed by atoms with van der Waals surface area (Å²) in [5.41, 5.74) is 5.18. The average Bonchev–Trinajstić information content (AvgIpc) is 3.01. The third-order valence-electron chi connectivity index (χ3n) is 3.55. The monoisotopic (exact) mass is 325 g/mol. The molecule has 0 radical (unpaired) electrons. The molecule has 0 aromatic carbocycles. The van der Waals surface area contributed by atoms with E-state index in [0.29, 0.717) is 6.54 Å². The molecule has 1 aliphatic heterocycles. The highest BCUT2D eigenvalue weighted by atomic mass is 32.1. The molecule has 3 amide bonds. The Balaban J connectivity index is 1.74. The van der Waals surface area contributed by atoms with E-state index in [1.165, 1.54) is 11.3 Å². The van der Waals surface area contributed by atoms with E-state index in [1.807, 2.05) is 17.5 Å². The van der Waals surface area contributed by atoms with Crippen molar-refractivity contribution in [3.05, 3.63) is 22.4 Å². The minimum atomic E-state index is -0.619. The van der Waals surface area contributed by atoms with Crippen LogP contribution in [0.3, 0.4) is 0 Å². The van der Waals surface area contributed by atoms with Gasteiger partial charge < -0.3 is 21.7 Å². The highest BCUT2D eigenvalue weighted by Crippen LogP contribution is 2.21. The van der Waals surface area contributed by atoms with Crippen LogP contribution in [0.1, 0.15) is 17.3 Å². The van der Waals surface area contributed by atoms with Crippen LogP contribution in [0.15, 0.2) is 17.5 Å². The first-order valence-corrected chi connectivity index (χ1v) is 8.32. The highest BCUT2D eigenvalue weighted by molar-refractivity contribution is 7.10. The molecule has 1 fully saturated rings. The third-order valence-corrected chi connectivity index (χ3v) is 4.54. The molecule has 0 spiro atoms. The van der Waals surface area contributed by atoms with Crippen LogP contribution in [-0.2, 0) is 4.79 Å². The maximum absolute atomic E-state index is 12.0. The fourth-order valence-electron chi connectivity index (χ4n) is 2.43. The summed E-state index contributed by atoms with van der Waals surface area (Å²) in [6.45, 7) is 5.48. The number of piperazine rings is 1. The summed E-state index contributed by atoms with van der Waals surface area (Å²) in [5.74, 6) is -0.0812. The van der Waals surface area contributed by atoms with Gasteiger partial charge in [0.15, 0.2) is 0 Å². The molecule has 122 valence electrons. The third kappa shape index (κ3) is 5.63. The van der Waals surface area contributed by atoms with Crippen LogP contribution in [-0.4, -0.2) is 56.1 Å². The molecule has 0 saturated carbocycles. The lowest BCUT2D eigenvalue weighted by Gasteiger charge is -2.27. The Morgan fingerprint density at radius 2 is 2.18 bits per heavy atom. The van der Waals surface area contributed by atoms with Crippen molar-refractivity contribution in [2.45, 2.75) is 12.5 Å². The van der Waals surface area contributed by atoms with Gasteiger partial charge >= 0.3 is 6.03 Å². The summed E-state index contributed by atoms with van der Waals surface area (Å²) in [7, 11) is 0. The summed E-state index contributed by atoms with van der Waals surface area (Å²) in [6, 6.07) is 2.79. The van der Waals surface area contributed by atoms with Crippen molar-refractivity contribution in [1.82, 2.24) is 20.9 Å². The molecule has 0 aliphatic carbocycles. The number of nitrogens with zero attached hydrogens (tertiary/aromatic N) is 1. The van der Waals surface area contributed by atoms with Gasteiger partial charge in [-0.25, -0.2) is 4.79 Å². The second-order valence-electron chi connectivity index (χ2n) is 5.22. The Morgan fingerprint density at radius 1 is 1.41 bits per heavy atom. The maximum atomic E-state index is 12.0. The molecule has 2 heterocycles. The normalized spacial score (nSPS) is 16.9. The molecular formula is C14H23N5O2S. The predicted octanol–water partition coefficient (Wildman–Crippen LogP) is -0.131. The zero-order chi connectivity index (χ0) is 15.8. The lowest BCUT2D eigenvalue weighted by atomic mass is 10.1. The number of nitrogens with one attached hydrogen (secondary N) is 3. The van der Waals surface area contributed by atoms with Crippen molar-refractivity contribution in [2.24, 2.45) is 5.73 Å². The standard InChI is InChI=1S/C14H23N5O2S/c15-14(21)18-11(12-2-1-9-22-12)10-13(20)17-5-8-19-6-3-16-4-7-19/h1-2,9,11,16H,3-8,10H2,(H,17,20)(H3,15,18,21). The minimum Gasteiger partial charge on any atom is -0.355 e. The van der Waals surface area contributed by atoms with Gasteiger partial charge in [0.05, 0.1) is 12.5 Å². The first-order chi connectivity index (χ1) is 10.6. The van der Waals surface area contributed by atoms with Crippen LogP contribution in [0.25, 0.3) is 0 Å². The van der Waals surface area contributed by atoms with Gasteiger partial charge in [-0.2, -0.15) is 0 Å². The SMILES string of the molecule is NC(=O)NC(CC(=O)NCCN1CCNCC1)c1cccs1. The smallest absolute Gasteiger partial charge is 0.312 e. The molecule has 2 rings (SSSR count). The molecule has 1 aliphatic rings. The van der Waals surface area contributed by atoms with Gasteiger partial charge in [0.1, 0.15) is 0 Å². The van der Waals surface area contributed by atoms with E-state index in [4.69, 9.17) is 5.73 Å². The fraction of sp³-hybridized carbons (Fsp3) is 0.571. The van der Waals surface area contributed by atoms with E-state index in [2.05, 4.69) is 20.9 Å². The lowest BCUT2D eigenvalue weighted by Crippen LogP contribution is -2.46. The number of nitrogens with two attached hydrogens (primary N) is 1. The van der Waals surface area contributed by atoms with Crippen molar-refractivity contribution in [3.8, 4) is 0 Å². The summed E-state index contributed by atoms with van der Waals surface area (Å²) < 4.78 is 0. The number of carbonyl (C=O) groups is 2. The van der Waals surface area contributed by atoms with E-state index >= 15 is 0 Å². The molecule has 1 aromatic rings. The molecule has 7 nitrogen and oxygen atoms in total. The number of urea groups is 1. The van der Waals surface area contributed by atoms with Crippen LogP contribution in [0.2, 0.25) is 0 Å². The zero-order valence-corrected chi connectivity index (χ0v) is 13.3. The second-order valence-corrected chi connectivity index (χ2v) is 6.20. The molecule has 1 unspecified atom stereocenters. The Hall–Kier alpha value is -1.64. The number of rotatable bonds is 7. The number of amides is 3. The number of hydrogen-bond acceptors (Lipinski definition) is 5. The van der Waals surface area contributed by atoms with Crippen LogP contribution < -0.4 is 21.7 Å². The first-order valence-electron chi connectivity index (χ1n) is 7.44. The topological polar surface area (TPSA) is 99.5 Å². The van der Waals surface area contributed by atoms with Gasteiger partial charge in [0.25, 0.3) is 0 Å². The van der Waals surface area contributed by atoms with Crippen LogP contribution in [0.5, 0.6) is 0 Å². The number of carbonyl (C=O) groups excluding carboxylic acids is 2. The van der Waals surface area contributed by atoms with E-state index in [0.717, 1.165) is 37.6 Å². The van der Waals surface area contributed by atoms with Crippen LogP contribution in [0.4, 0.5) is 4.79 Å². The van der Waals surface area contributed by atoms with E-state index < -0.39 is 6.03 Å². The average molecular weight is 325 g/mol. The Bertz CT molecular complexity index is 474. The van der Waals surface area contributed by atoms with Gasteiger partial charge in [-0.15, -0.1) is 11.3 Å². The molecule has 0 bridgehead atoms. The van der Waals surface area contributed by atoms with Crippen molar-refractivity contribution in [1.29, 1.82) is 0 Å². The van der Waals surface area contributed by atoms with Gasteiger partial charge in [0, 0.05) is 44.1 Å². The summed E-state index contributed by atoms with van der Waals surface area (Å²) in [6.07, 6.45) is 0.199. The largest absolute Gasteiger partial charge is 0.355 e. The van der Waals surface area contributed by atoms with E-state index in [9.17, 15) is 9.59 Å². The van der Waals surface area contributed by atoms with E-state index in [1.54, 1.807) is 0 Å². The Morgan fingerprint density at radius 3 is 2.82 bits per heavy atom. The number of hydrogen-bond donors (Lipinski definition) is 4. The number of primary amides is 1. The summed E-state index contributed by atoms with van der Waals surface area (Å²) in [4.78, 5) is 26.4. The molecular weight excluding hydrogens is 302 g/mol. The molecule has 1 atom stereocenters. The molecule has 22 heavy (non-hydrogen) atoms. The number of thiophene rings is 1.